The number of alkyl halides is 3. The Hall–Kier alpha value is -2.50. The zero-order chi connectivity index (χ0) is 24.5. The Bertz CT molecular complexity index is 1080. The summed E-state index contributed by atoms with van der Waals surface area (Å²) in [6.45, 7) is 3.09. The summed E-state index contributed by atoms with van der Waals surface area (Å²) >= 11 is 7.36. The molecule has 0 spiro atoms. The standard InChI is InChI=1S/C22H21ClF3N3O4S/c1-2-33-20(31)17-18(14-5-3-4-6-15(14)23)29-13(11-16(30)28-7-9-32-10-8-28)12-34-21(29)27-19(17)22(24,25)26/h3-6,12,18H,2,7-11H2,1H3. The minimum Gasteiger partial charge on any atom is -0.463 e. The van der Waals surface area contributed by atoms with Crippen molar-refractivity contribution in [2.75, 3.05) is 32.9 Å². The van der Waals surface area contributed by atoms with Gasteiger partial charge in [-0.2, -0.15) is 13.2 Å². The number of benzene rings is 1. The van der Waals surface area contributed by atoms with Crippen LogP contribution in [-0.2, 0) is 19.1 Å². The molecule has 3 heterocycles. The van der Waals surface area contributed by atoms with E-state index in [0.29, 0.717) is 32.0 Å². The Labute approximate surface area is 203 Å². The SMILES string of the molecule is CCOC(=O)C1=C(C(F)(F)F)N=C2SC=C(CC(=O)N3CCOCC3)N2C1c1ccccc1Cl. The molecule has 7 nitrogen and oxygen atoms in total. The van der Waals surface area contributed by atoms with Crippen molar-refractivity contribution in [2.45, 2.75) is 25.6 Å². The molecule has 1 aromatic rings. The molecular weight excluding hydrogens is 495 g/mol. The third-order valence-electron chi connectivity index (χ3n) is 5.47. The van der Waals surface area contributed by atoms with Crippen LogP contribution in [0.3, 0.4) is 0 Å². The Morgan fingerprint density at radius 2 is 1.97 bits per heavy atom. The maximum atomic E-state index is 14.1. The summed E-state index contributed by atoms with van der Waals surface area (Å²) in [7, 11) is 0. The molecular formula is C22H21ClF3N3O4S. The molecule has 0 N–H and O–H groups in total. The lowest BCUT2D eigenvalue weighted by molar-refractivity contribution is -0.140. The van der Waals surface area contributed by atoms with Gasteiger partial charge in [0.15, 0.2) is 10.9 Å². The molecule has 3 aliphatic heterocycles. The van der Waals surface area contributed by atoms with E-state index in [-0.39, 0.29) is 34.7 Å². The van der Waals surface area contributed by atoms with Crippen LogP contribution >= 0.6 is 23.4 Å². The van der Waals surface area contributed by atoms with Gasteiger partial charge in [-0.25, -0.2) is 9.79 Å². The number of halogens is 4. The van der Waals surface area contributed by atoms with Crippen LogP contribution in [0.1, 0.15) is 24.9 Å². The highest BCUT2D eigenvalue weighted by molar-refractivity contribution is 8.16. The molecule has 182 valence electrons. The van der Waals surface area contributed by atoms with Gasteiger partial charge in [0.2, 0.25) is 5.91 Å². The highest BCUT2D eigenvalue weighted by Crippen LogP contribution is 2.49. The highest BCUT2D eigenvalue weighted by Gasteiger charge is 2.49. The van der Waals surface area contributed by atoms with Crippen LogP contribution < -0.4 is 0 Å². The quantitative estimate of drug-likeness (QED) is 0.545. The second-order valence-electron chi connectivity index (χ2n) is 7.57. The fourth-order valence-corrected chi connectivity index (χ4v) is 5.12. The summed E-state index contributed by atoms with van der Waals surface area (Å²) in [5.41, 5.74) is -1.30. The first-order chi connectivity index (χ1) is 16.2. The van der Waals surface area contributed by atoms with Crippen molar-refractivity contribution in [1.29, 1.82) is 0 Å². The summed E-state index contributed by atoms with van der Waals surface area (Å²) in [4.78, 5) is 32.7. The number of allylic oxidation sites excluding steroid dienone is 1. The number of esters is 1. The van der Waals surface area contributed by atoms with Gasteiger partial charge in [0.1, 0.15) is 0 Å². The van der Waals surface area contributed by atoms with Gasteiger partial charge < -0.3 is 19.3 Å². The monoisotopic (exact) mass is 515 g/mol. The van der Waals surface area contributed by atoms with Gasteiger partial charge in [0.25, 0.3) is 0 Å². The van der Waals surface area contributed by atoms with Gasteiger partial charge in [0.05, 0.1) is 37.9 Å². The fraction of sp³-hybridized carbons (Fsp3) is 0.409. The van der Waals surface area contributed by atoms with E-state index >= 15 is 0 Å². The molecule has 1 atom stereocenters. The molecule has 0 saturated carbocycles. The van der Waals surface area contributed by atoms with Crippen molar-refractivity contribution >= 4 is 40.4 Å². The molecule has 0 aromatic heterocycles. The predicted molar refractivity (Wildman–Crippen MR) is 121 cm³/mol. The molecule has 1 aromatic carbocycles. The van der Waals surface area contributed by atoms with E-state index in [9.17, 15) is 22.8 Å². The number of hydrogen-bond acceptors (Lipinski definition) is 7. The van der Waals surface area contributed by atoms with Crippen molar-refractivity contribution in [3.05, 3.63) is 57.2 Å². The Morgan fingerprint density at radius 1 is 1.26 bits per heavy atom. The highest BCUT2D eigenvalue weighted by atomic mass is 35.5. The first-order valence-corrected chi connectivity index (χ1v) is 11.8. The number of amidine groups is 1. The van der Waals surface area contributed by atoms with Crippen LogP contribution in [0.2, 0.25) is 5.02 Å². The van der Waals surface area contributed by atoms with E-state index < -0.39 is 29.5 Å². The van der Waals surface area contributed by atoms with Crippen molar-refractivity contribution in [2.24, 2.45) is 4.99 Å². The molecule has 1 amide bonds. The maximum Gasteiger partial charge on any atom is 0.434 e. The fourth-order valence-electron chi connectivity index (χ4n) is 3.96. The third-order valence-corrected chi connectivity index (χ3v) is 6.70. The van der Waals surface area contributed by atoms with Gasteiger partial charge in [-0.1, -0.05) is 41.6 Å². The van der Waals surface area contributed by atoms with Gasteiger partial charge in [-0.15, -0.1) is 0 Å². The smallest absolute Gasteiger partial charge is 0.434 e. The minimum absolute atomic E-state index is 0.00932. The molecule has 3 aliphatic rings. The van der Waals surface area contributed by atoms with E-state index in [2.05, 4.69) is 4.99 Å². The first-order valence-electron chi connectivity index (χ1n) is 10.5. The number of amides is 1. The summed E-state index contributed by atoms with van der Waals surface area (Å²) in [6.07, 6.45) is -4.99. The Kier molecular flexibility index (Phi) is 7.25. The van der Waals surface area contributed by atoms with Crippen LogP contribution in [0.15, 0.2) is 51.6 Å². The number of morpholine rings is 1. The van der Waals surface area contributed by atoms with E-state index in [1.807, 2.05) is 0 Å². The summed E-state index contributed by atoms with van der Waals surface area (Å²) in [5.74, 6) is -1.34. The van der Waals surface area contributed by atoms with Crippen LogP contribution in [0.4, 0.5) is 13.2 Å². The van der Waals surface area contributed by atoms with Crippen molar-refractivity contribution in [3.8, 4) is 0 Å². The summed E-state index contributed by atoms with van der Waals surface area (Å²) in [5, 5.41) is 1.77. The average molecular weight is 516 g/mol. The average Bonchev–Trinajstić information content (AvgIpc) is 3.21. The predicted octanol–water partition coefficient (Wildman–Crippen LogP) is 4.27. The number of nitrogens with zero attached hydrogens (tertiary/aromatic N) is 3. The third kappa shape index (κ3) is 4.82. The zero-order valence-electron chi connectivity index (χ0n) is 18.1. The Balaban J connectivity index is 1.80. The normalized spacial score (nSPS) is 20.7. The molecule has 0 radical (unpaired) electrons. The van der Waals surface area contributed by atoms with Gasteiger partial charge in [0, 0.05) is 23.8 Å². The number of carbonyl (C=O) groups is 2. The molecule has 0 aliphatic carbocycles. The van der Waals surface area contributed by atoms with E-state index in [1.165, 1.54) is 17.9 Å². The molecule has 4 rings (SSSR count). The van der Waals surface area contributed by atoms with Crippen LogP contribution in [-0.4, -0.2) is 65.9 Å². The van der Waals surface area contributed by atoms with E-state index in [4.69, 9.17) is 21.1 Å². The van der Waals surface area contributed by atoms with Crippen molar-refractivity contribution < 1.29 is 32.2 Å². The van der Waals surface area contributed by atoms with Gasteiger partial charge in [-0.3, -0.25) is 4.79 Å². The molecule has 12 heteroatoms. The second kappa shape index (κ2) is 10.0. The number of fused-ring (bicyclic) bond motifs is 1. The zero-order valence-corrected chi connectivity index (χ0v) is 19.7. The largest absolute Gasteiger partial charge is 0.463 e. The lowest BCUT2D eigenvalue weighted by Crippen LogP contribution is -2.43. The van der Waals surface area contributed by atoms with Crippen molar-refractivity contribution in [1.82, 2.24) is 9.80 Å². The Morgan fingerprint density at radius 3 is 2.62 bits per heavy atom. The molecule has 1 saturated heterocycles. The number of aliphatic imine (C=N–C) groups is 1. The minimum atomic E-state index is -4.91. The number of rotatable bonds is 5. The summed E-state index contributed by atoms with van der Waals surface area (Å²) in [6, 6.07) is 5.07. The summed E-state index contributed by atoms with van der Waals surface area (Å²) < 4.78 is 52.5. The lowest BCUT2D eigenvalue weighted by Gasteiger charge is -2.37. The van der Waals surface area contributed by atoms with E-state index in [1.54, 1.807) is 28.5 Å². The molecule has 34 heavy (non-hydrogen) atoms. The maximum absolute atomic E-state index is 14.1. The topological polar surface area (TPSA) is 71.4 Å². The number of thioether (sulfide) groups is 1. The van der Waals surface area contributed by atoms with Crippen LogP contribution in [0.5, 0.6) is 0 Å². The first kappa shape index (κ1) is 24.6. The lowest BCUT2D eigenvalue weighted by atomic mass is 9.93. The van der Waals surface area contributed by atoms with Crippen LogP contribution in [0, 0.1) is 0 Å². The van der Waals surface area contributed by atoms with Gasteiger partial charge in [-0.05, 0) is 24.0 Å². The molecule has 1 unspecified atom stereocenters. The van der Waals surface area contributed by atoms with E-state index in [0.717, 1.165) is 11.8 Å². The van der Waals surface area contributed by atoms with Gasteiger partial charge >= 0.3 is 12.1 Å². The van der Waals surface area contributed by atoms with Crippen molar-refractivity contribution in [3.63, 3.8) is 0 Å². The number of ether oxygens (including phenoxy) is 2. The molecule has 1 fully saturated rings. The second-order valence-corrected chi connectivity index (χ2v) is 8.81. The van der Waals surface area contributed by atoms with Crippen LogP contribution in [0.25, 0.3) is 0 Å². The number of hydrogen-bond donors (Lipinski definition) is 0. The number of carbonyl (C=O) groups excluding carboxylic acids is 2. The molecule has 0 bridgehead atoms.